The van der Waals surface area contributed by atoms with Gasteiger partial charge in [-0.25, -0.2) is 13.2 Å². The fourth-order valence-corrected chi connectivity index (χ4v) is 5.08. The normalized spacial score (nSPS) is 14.5. The van der Waals surface area contributed by atoms with E-state index in [1.807, 2.05) is 6.92 Å². The number of hydrogen-bond donors (Lipinski definition) is 0. The first-order chi connectivity index (χ1) is 16.1. The highest BCUT2D eigenvalue weighted by atomic mass is 32.2. The van der Waals surface area contributed by atoms with Crippen LogP contribution >= 0.6 is 0 Å². The second-order valence-electron chi connectivity index (χ2n) is 7.83. The highest BCUT2D eigenvalue weighted by molar-refractivity contribution is 7.89. The summed E-state index contributed by atoms with van der Waals surface area (Å²) in [5.41, 5.74) is 1.09. The molecule has 1 fully saturated rings. The number of amides is 1. The summed E-state index contributed by atoms with van der Waals surface area (Å²) in [5.74, 6) is -0.420. The molecule has 1 amide bonds. The van der Waals surface area contributed by atoms with E-state index in [-0.39, 0.29) is 41.8 Å². The lowest BCUT2D eigenvalue weighted by molar-refractivity contribution is -0.129. The van der Waals surface area contributed by atoms with E-state index in [4.69, 9.17) is 9.47 Å². The summed E-state index contributed by atoms with van der Waals surface area (Å²) in [7, 11) is -3.83. The summed E-state index contributed by atoms with van der Waals surface area (Å²) in [6.45, 7) is 5.98. The Balaban J connectivity index is 1.74. The summed E-state index contributed by atoms with van der Waals surface area (Å²) >= 11 is 0. The zero-order valence-corrected chi connectivity index (χ0v) is 20.3. The molecule has 0 atom stereocenters. The number of ketones is 1. The third-order valence-electron chi connectivity index (χ3n) is 5.52. The van der Waals surface area contributed by atoms with E-state index in [0.717, 1.165) is 0 Å². The van der Waals surface area contributed by atoms with Gasteiger partial charge in [0.1, 0.15) is 12.4 Å². The number of carbonyl (C=O) groups excluding carboxylic acids is 3. The topological polar surface area (TPSA) is 110 Å². The van der Waals surface area contributed by atoms with Crippen LogP contribution in [0.2, 0.25) is 0 Å². The highest BCUT2D eigenvalue weighted by Crippen LogP contribution is 2.23. The van der Waals surface area contributed by atoms with E-state index in [9.17, 15) is 22.8 Å². The molecule has 0 unspecified atom stereocenters. The van der Waals surface area contributed by atoms with Crippen LogP contribution in [0.4, 0.5) is 0 Å². The van der Waals surface area contributed by atoms with Gasteiger partial charge in [0.05, 0.1) is 17.1 Å². The van der Waals surface area contributed by atoms with Gasteiger partial charge in [0.15, 0.2) is 5.78 Å². The predicted molar refractivity (Wildman–Crippen MR) is 124 cm³/mol. The fourth-order valence-electron chi connectivity index (χ4n) is 3.61. The van der Waals surface area contributed by atoms with Gasteiger partial charge < -0.3 is 14.4 Å². The number of piperazine rings is 1. The van der Waals surface area contributed by atoms with E-state index in [0.29, 0.717) is 36.6 Å². The molecule has 1 aliphatic heterocycles. The Labute approximate surface area is 199 Å². The fraction of sp³-hybridized carbons (Fsp3) is 0.375. The van der Waals surface area contributed by atoms with Gasteiger partial charge in [0.2, 0.25) is 15.9 Å². The zero-order valence-electron chi connectivity index (χ0n) is 19.4. The number of esters is 1. The lowest BCUT2D eigenvalue weighted by Crippen LogP contribution is -2.49. The molecule has 2 aromatic rings. The van der Waals surface area contributed by atoms with Gasteiger partial charge in [0, 0.05) is 44.2 Å². The van der Waals surface area contributed by atoms with Gasteiger partial charge in [-0.1, -0.05) is 6.07 Å². The van der Waals surface area contributed by atoms with Crippen molar-refractivity contribution < 1.29 is 32.3 Å². The van der Waals surface area contributed by atoms with Crippen molar-refractivity contribution in [3.63, 3.8) is 0 Å². The first kappa shape index (κ1) is 25.4. The van der Waals surface area contributed by atoms with Crippen molar-refractivity contribution in [1.29, 1.82) is 0 Å². The third-order valence-corrected chi connectivity index (χ3v) is 7.41. The second-order valence-corrected chi connectivity index (χ2v) is 9.76. The van der Waals surface area contributed by atoms with Crippen LogP contribution in [0.25, 0.3) is 0 Å². The molecule has 10 heteroatoms. The van der Waals surface area contributed by atoms with E-state index < -0.39 is 16.0 Å². The average Bonchev–Trinajstić information content (AvgIpc) is 2.83. The second kappa shape index (κ2) is 10.8. The largest absolute Gasteiger partial charge is 0.493 e. The van der Waals surface area contributed by atoms with Gasteiger partial charge in [-0.2, -0.15) is 4.31 Å². The molecule has 1 saturated heterocycles. The van der Waals surface area contributed by atoms with E-state index >= 15 is 0 Å². The lowest BCUT2D eigenvalue weighted by atomic mass is 10.1. The van der Waals surface area contributed by atoms with Gasteiger partial charge >= 0.3 is 5.97 Å². The molecule has 2 aromatic carbocycles. The number of hydrogen-bond acceptors (Lipinski definition) is 7. The minimum Gasteiger partial charge on any atom is -0.493 e. The smallest absolute Gasteiger partial charge is 0.338 e. The number of rotatable bonds is 8. The Morgan fingerprint density at radius 1 is 0.941 bits per heavy atom. The zero-order chi connectivity index (χ0) is 24.9. The molecule has 3 rings (SSSR count). The summed E-state index contributed by atoms with van der Waals surface area (Å²) in [6, 6.07) is 10.6. The molecule has 0 N–H and O–H groups in total. The van der Waals surface area contributed by atoms with Crippen LogP contribution in [-0.4, -0.2) is 68.1 Å². The van der Waals surface area contributed by atoms with Crippen molar-refractivity contribution in [2.24, 2.45) is 0 Å². The van der Waals surface area contributed by atoms with Crippen LogP contribution in [-0.2, 0) is 26.2 Å². The number of ether oxygens (including phenoxy) is 2. The van der Waals surface area contributed by atoms with Gasteiger partial charge in [-0.3, -0.25) is 9.59 Å². The van der Waals surface area contributed by atoms with Crippen molar-refractivity contribution in [3.05, 3.63) is 59.2 Å². The van der Waals surface area contributed by atoms with E-state index in [1.165, 1.54) is 42.4 Å². The highest BCUT2D eigenvalue weighted by Gasteiger charge is 2.29. The van der Waals surface area contributed by atoms with Crippen molar-refractivity contribution in [3.8, 4) is 5.75 Å². The van der Waals surface area contributed by atoms with Crippen LogP contribution in [0, 0.1) is 0 Å². The van der Waals surface area contributed by atoms with Crippen LogP contribution in [0.15, 0.2) is 47.4 Å². The Hall–Kier alpha value is -3.24. The molecule has 34 heavy (non-hydrogen) atoms. The average molecular weight is 489 g/mol. The SMILES string of the molecule is CCOc1ccc(C(C)=O)cc1COC(=O)c1cccc(S(=O)(=O)N2CCN(C(C)=O)CC2)c1. The van der Waals surface area contributed by atoms with Crippen molar-refractivity contribution in [1.82, 2.24) is 9.21 Å². The monoisotopic (exact) mass is 488 g/mol. The van der Waals surface area contributed by atoms with Crippen LogP contribution in [0.3, 0.4) is 0 Å². The number of carbonyl (C=O) groups is 3. The van der Waals surface area contributed by atoms with E-state index in [1.54, 1.807) is 23.1 Å². The maximum absolute atomic E-state index is 13.1. The Morgan fingerprint density at radius 3 is 2.26 bits per heavy atom. The lowest BCUT2D eigenvalue weighted by Gasteiger charge is -2.33. The molecule has 9 nitrogen and oxygen atoms in total. The molecule has 1 heterocycles. The number of sulfonamides is 1. The first-order valence-corrected chi connectivity index (χ1v) is 12.4. The summed E-state index contributed by atoms with van der Waals surface area (Å²) in [6.07, 6.45) is 0. The van der Waals surface area contributed by atoms with E-state index in [2.05, 4.69) is 0 Å². The molecule has 0 radical (unpaired) electrons. The molecule has 182 valence electrons. The Bertz CT molecular complexity index is 1190. The van der Waals surface area contributed by atoms with Crippen molar-refractivity contribution in [2.45, 2.75) is 32.3 Å². The summed E-state index contributed by atoms with van der Waals surface area (Å²) in [5, 5.41) is 0. The molecule has 0 aromatic heterocycles. The Morgan fingerprint density at radius 2 is 1.65 bits per heavy atom. The Kier molecular flexibility index (Phi) is 8.06. The standard InChI is InChI=1S/C24H28N2O7S/c1-4-32-23-9-8-19(17(2)27)14-21(23)16-33-24(29)20-6-5-7-22(15-20)34(30,31)26-12-10-25(11-13-26)18(3)28/h5-9,14-15H,4,10-13,16H2,1-3H3. The molecular formula is C24H28N2O7S. The first-order valence-electron chi connectivity index (χ1n) is 10.9. The van der Waals surface area contributed by atoms with Gasteiger partial charge in [-0.15, -0.1) is 0 Å². The van der Waals surface area contributed by atoms with Crippen LogP contribution < -0.4 is 4.74 Å². The quantitative estimate of drug-likeness (QED) is 0.415. The third kappa shape index (κ3) is 5.81. The predicted octanol–water partition coefficient (Wildman–Crippen LogP) is 2.50. The minimum absolute atomic E-state index is 0.0215. The maximum atomic E-state index is 13.1. The van der Waals surface area contributed by atoms with Crippen LogP contribution in [0.5, 0.6) is 5.75 Å². The molecule has 0 spiro atoms. The number of Topliss-reactive ketones (excluding diaryl/α,β-unsaturated/α-hetero) is 1. The summed E-state index contributed by atoms with van der Waals surface area (Å²) < 4.78 is 38.4. The number of nitrogens with zero attached hydrogens (tertiary/aromatic N) is 2. The van der Waals surface area contributed by atoms with Crippen LogP contribution in [0.1, 0.15) is 47.1 Å². The van der Waals surface area contributed by atoms with Crippen molar-refractivity contribution >= 4 is 27.7 Å². The summed E-state index contributed by atoms with van der Waals surface area (Å²) in [4.78, 5) is 37.5. The molecule has 0 aliphatic carbocycles. The van der Waals surface area contributed by atoms with Gasteiger partial charge in [0.25, 0.3) is 0 Å². The van der Waals surface area contributed by atoms with Crippen molar-refractivity contribution in [2.75, 3.05) is 32.8 Å². The molecular weight excluding hydrogens is 460 g/mol. The number of benzene rings is 2. The molecule has 0 bridgehead atoms. The van der Waals surface area contributed by atoms with Gasteiger partial charge in [-0.05, 0) is 50.2 Å². The maximum Gasteiger partial charge on any atom is 0.338 e. The minimum atomic E-state index is -3.83. The molecule has 0 saturated carbocycles. The molecule has 1 aliphatic rings.